The van der Waals surface area contributed by atoms with E-state index in [4.69, 9.17) is 5.11 Å². The molecule has 1 aromatic heterocycles. The zero-order chi connectivity index (χ0) is 14.5. The average molecular weight is 278 g/mol. The molecule has 1 aromatic rings. The summed E-state index contributed by atoms with van der Waals surface area (Å²) in [6.07, 6.45) is 3.93. The molecule has 1 aliphatic carbocycles. The van der Waals surface area contributed by atoms with Crippen molar-refractivity contribution >= 4 is 11.9 Å². The summed E-state index contributed by atoms with van der Waals surface area (Å²) in [5, 5.41) is 11.8. The minimum atomic E-state index is -0.855. The van der Waals surface area contributed by atoms with Gasteiger partial charge in [-0.1, -0.05) is 12.5 Å². The summed E-state index contributed by atoms with van der Waals surface area (Å²) >= 11 is 0. The molecular weight excluding hydrogens is 260 g/mol. The second-order valence-corrected chi connectivity index (χ2v) is 5.03. The molecule has 1 heterocycles. The number of aryl methyl sites for hydroxylation is 1. The Morgan fingerprint density at radius 3 is 2.85 bits per heavy atom. The first kappa shape index (κ1) is 14.3. The molecule has 1 saturated carbocycles. The second-order valence-electron chi connectivity index (χ2n) is 5.03. The highest BCUT2D eigenvalue weighted by molar-refractivity contribution is 5.78. The van der Waals surface area contributed by atoms with E-state index >= 15 is 0 Å². The number of rotatable bonds is 5. The van der Waals surface area contributed by atoms with E-state index in [2.05, 4.69) is 5.32 Å². The lowest BCUT2D eigenvalue weighted by Crippen LogP contribution is -2.40. The molecule has 2 N–H and O–H groups in total. The molecule has 1 aliphatic rings. The van der Waals surface area contributed by atoms with Crippen molar-refractivity contribution in [3.8, 4) is 0 Å². The molecule has 0 spiro atoms. The van der Waals surface area contributed by atoms with Crippen molar-refractivity contribution in [2.75, 3.05) is 0 Å². The third-order valence-corrected chi connectivity index (χ3v) is 3.66. The van der Waals surface area contributed by atoms with Crippen molar-refractivity contribution in [1.29, 1.82) is 0 Å². The van der Waals surface area contributed by atoms with Crippen LogP contribution in [0, 0.1) is 5.92 Å². The van der Waals surface area contributed by atoms with Gasteiger partial charge in [-0.25, -0.2) is 0 Å². The van der Waals surface area contributed by atoms with Gasteiger partial charge in [-0.3, -0.25) is 14.4 Å². The smallest absolute Gasteiger partial charge is 0.308 e. The topological polar surface area (TPSA) is 88.4 Å². The fraction of sp³-hybridized carbons (Fsp3) is 0.500. The van der Waals surface area contributed by atoms with Crippen LogP contribution in [-0.2, 0) is 16.1 Å². The summed E-state index contributed by atoms with van der Waals surface area (Å²) in [4.78, 5) is 34.3. The van der Waals surface area contributed by atoms with E-state index in [0.717, 1.165) is 6.42 Å². The zero-order valence-corrected chi connectivity index (χ0v) is 11.1. The van der Waals surface area contributed by atoms with Crippen LogP contribution in [0.25, 0.3) is 0 Å². The first-order chi connectivity index (χ1) is 9.58. The lowest BCUT2D eigenvalue weighted by molar-refractivity contribution is -0.142. The number of carbonyl (C=O) groups excluding carboxylic acids is 1. The number of aliphatic carboxylic acids is 1. The third-order valence-electron chi connectivity index (χ3n) is 3.66. The Kier molecular flexibility index (Phi) is 4.55. The maximum absolute atomic E-state index is 11.8. The van der Waals surface area contributed by atoms with Crippen molar-refractivity contribution in [2.45, 2.75) is 38.3 Å². The minimum Gasteiger partial charge on any atom is -0.481 e. The molecule has 1 fully saturated rings. The molecule has 0 radical (unpaired) electrons. The van der Waals surface area contributed by atoms with Crippen molar-refractivity contribution in [3.63, 3.8) is 0 Å². The molecule has 2 rings (SSSR count). The van der Waals surface area contributed by atoms with E-state index in [1.54, 1.807) is 18.3 Å². The van der Waals surface area contributed by atoms with Crippen LogP contribution in [0.5, 0.6) is 0 Å². The van der Waals surface area contributed by atoms with Gasteiger partial charge in [-0.15, -0.1) is 0 Å². The SMILES string of the molecule is O=C(CCn1ccccc1=O)N[C@H]1CCC[C@H]1C(=O)O. The quantitative estimate of drug-likeness (QED) is 0.826. The van der Waals surface area contributed by atoms with Gasteiger partial charge in [0.15, 0.2) is 0 Å². The zero-order valence-electron chi connectivity index (χ0n) is 11.1. The van der Waals surface area contributed by atoms with Crippen LogP contribution in [0.15, 0.2) is 29.2 Å². The number of hydrogen-bond donors (Lipinski definition) is 2. The van der Waals surface area contributed by atoms with Crippen LogP contribution in [0.4, 0.5) is 0 Å². The van der Waals surface area contributed by atoms with Gasteiger partial charge in [0.2, 0.25) is 5.91 Å². The fourth-order valence-corrected chi connectivity index (χ4v) is 2.57. The summed E-state index contributed by atoms with van der Waals surface area (Å²) < 4.78 is 1.46. The molecule has 108 valence electrons. The fourth-order valence-electron chi connectivity index (χ4n) is 2.57. The Balaban J connectivity index is 1.85. The Hall–Kier alpha value is -2.11. The predicted octanol–water partition coefficient (Wildman–Crippen LogP) is 0.608. The van der Waals surface area contributed by atoms with Gasteiger partial charge in [0.1, 0.15) is 0 Å². The summed E-state index contributed by atoms with van der Waals surface area (Å²) in [6.45, 7) is 0.302. The van der Waals surface area contributed by atoms with E-state index in [-0.39, 0.29) is 23.9 Å². The highest BCUT2D eigenvalue weighted by atomic mass is 16.4. The van der Waals surface area contributed by atoms with Gasteiger partial charge < -0.3 is 15.0 Å². The molecule has 6 heteroatoms. The van der Waals surface area contributed by atoms with E-state index in [0.29, 0.717) is 19.4 Å². The third kappa shape index (κ3) is 3.46. The molecular formula is C14H18N2O4. The number of nitrogens with one attached hydrogen (secondary N) is 1. The number of aromatic nitrogens is 1. The molecule has 20 heavy (non-hydrogen) atoms. The number of amides is 1. The molecule has 0 saturated heterocycles. The first-order valence-corrected chi connectivity index (χ1v) is 6.75. The van der Waals surface area contributed by atoms with Gasteiger partial charge in [0, 0.05) is 31.3 Å². The standard InChI is InChI=1S/C14H18N2O4/c17-12(7-9-16-8-2-1-6-13(16)18)15-11-5-3-4-10(11)14(19)20/h1-2,6,8,10-11H,3-5,7,9H2,(H,15,17)(H,19,20)/t10-,11+/m1/s1. The second kappa shape index (κ2) is 6.36. The van der Waals surface area contributed by atoms with E-state index in [9.17, 15) is 14.4 Å². The largest absolute Gasteiger partial charge is 0.481 e. The van der Waals surface area contributed by atoms with Gasteiger partial charge in [0.25, 0.3) is 5.56 Å². The van der Waals surface area contributed by atoms with Gasteiger partial charge in [-0.05, 0) is 18.9 Å². The number of hydrogen-bond acceptors (Lipinski definition) is 3. The van der Waals surface area contributed by atoms with Crippen molar-refractivity contribution in [1.82, 2.24) is 9.88 Å². The summed E-state index contributed by atoms with van der Waals surface area (Å²) in [5.74, 6) is -1.55. The molecule has 6 nitrogen and oxygen atoms in total. The lowest BCUT2D eigenvalue weighted by atomic mass is 10.0. The molecule has 0 unspecified atom stereocenters. The van der Waals surface area contributed by atoms with Gasteiger partial charge in [-0.2, -0.15) is 0 Å². The molecule has 0 aliphatic heterocycles. The number of carbonyl (C=O) groups is 2. The van der Waals surface area contributed by atoms with E-state index in [1.807, 2.05) is 0 Å². The maximum atomic E-state index is 11.8. The van der Waals surface area contributed by atoms with Crippen LogP contribution in [0.2, 0.25) is 0 Å². The molecule has 1 amide bonds. The first-order valence-electron chi connectivity index (χ1n) is 6.75. The number of pyridine rings is 1. The monoisotopic (exact) mass is 278 g/mol. The minimum absolute atomic E-state index is 0.149. The average Bonchev–Trinajstić information content (AvgIpc) is 2.86. The van der Waals surface area contributed by atoms with Crippen molar-refractivity contribution in [2.24, 2.45) is 5.92 Å². The highest BCUT2D eigenvalue weighted by Gasteiger charge is 2.33. The van der Waals surface area contributed by atoms with Crippen LogP contribution in [0.1, 0.15) is 25.7 Å². The number of carboxylic acids is 1. The summed E-state index contributed by atoms with van der Waals surface area (Å²) in [7, 11) is 0. The van der Waals surface area contributed by atoms with E-state index in [1.165, 1.54) is 10.6 Å². The Morgan fingerprint density at radius 2 is 2.15 bits per heavy atom. The van der Waals surface area contributed by atoms with Crippen LogP contribution in [-0.4, -0.2) is 27.6 Å². The van der Waals surface area contributed by atoms with Gasteiger partial charge in [0.05, 0.1) is 5.92 Å². The van der Waals surface area contributed by atoms with Crippen LogP contribution in [0.3, 0.4) is 0 Å². The molecule has 0 bridgehead atoms. The lowest BCUT2D eigenvalue weighted by Gasteiger charge is -2.17. The summed E-state index contributed by atoms with van der Waals surface area (Å²) in [6, 6.07) is 4.54. The van der Waals surface area contributed by atoms with Crippen LogP contribution < -0.4 is 10.9 Å². The normalized spacial score (nSPS) is 21.6. The van der Waals surface area contributed by atoms with Crippen LogP contribution >= 0.6 is 0 Å². The van der Waals surface area contributed by atoms with Gasteiger partial charge >= 0.3 is 5.97 Å². The molecule has 2 atom stereocenters. The predicted molar refractivity (Wildman–Crippen MR) is 72.2 cm³/mol. The van der Waals surface area contributed by atoms with E-state index < -0.39 is 11.9 Å². The maximum Gasteiger partial charge on any atom is 0.308 e. The Bertz CT molecular complexity index is 552. The molecule has 0 aromatic carbocycles. The summed E-state index contributed by atoms with van der Waals surface area (Å²) in [5.41, 5.74) is -0.149. The Morgan fingerprint density at radius 1 is 1.35 bits per heavy atom. The number of nitrogens with zero attached hydrogens (tertiary/aromatic N) is 1. The Labute approximate surface area is 116 Å². The number of carboxylic acid groups (broad SMARTS) is 1. The van der Waals surface area contributed by atoms with Crippen molar-refractivity contribution in [3.05, 3.63) is 34.7 Å². The van der Waals surface area contributed by atoms with Crippen molar-refractivity contribution < 1.29 is 14.7 Å². The highest BCUT2D eigenvalue weighted by Crippen LogP contribution is 2.25.